The average Bonchev–Trinajstić information content (AvgIpc) is 2.58. The number of aryl methyl sites for hydroxylation is 2. The number of morpholine rings is 1. The third kappa shape index (κ3) is 2.69. The normalized spacial score (nSPS) is 25.6. The number of halogens is 1. The number of rotatable bonds is 3. The molecule has 1 fully saturated rings. The van der Waals surface area contributed by atoms with Gasteiger partial charge in [-0.1, -0.05) is 11.6 Å². The van der Waals surface area contributed by atoms with Gasteiger partial charge in [0.1, 0.15) is 5.15 Å². The second-order valence-corrected chi connectivity index (χ2v) is 5.25. The molecule has 1 N–H and O–H groups in total. The third-order valence-corrected chi connectivity index (χ3v) is 3.94. The van der Waals surface area contributed by atoms with Crippen LogP contribution in [0.5, 0.6) is 0 Å². The van der Waals surface area contributed by atoms with Gasteiger partial charge >= 0.3 is 0 Å². The van der Waals surface area contributed by atoms with E-state index in [1.54, 1.807) is 4.68 Å². The highest BCUT2D eigenvalue weighted by molar-refractivity contribution is 6.30. The molecule has 1 aromatic heterocycles. The van der Waals surface area contributed by atoms with Crippen molar-refractivity contribution in [3.8, 4) is 0 Å². The van der Waals surface area contributed by atoms with Crippen LogP contribution < -0.4 is 0 Å². The Morgan fingerprint density at radius 3 is 2.83 bits per heavy atom. The summed E-state index contributed by atoms with van der Waals surface area (Å²) in [5, 5.41) is 14.2. The Morgan fingerprint density at radius 1 is 1.56 bits per heavy atom. The Hall–Kier alpha value is -0.620. The SMILES string of the molecule is Cc1nn(C)c(Cl)c1CN1CC(CO)OCC1C. The lowest BCUT2D eigenvalue weighted by molar-refractivity contribution is -0.0805. The van der Waals surface area contributed by atoms with Crippen LogP contribution in [0, 0.1) is 6.92 Å². The minimum absolute atomic E-state index is 0.0585. The van der Waals surface area contributed by atoms with Gasteiger partial charge in [-0.3, -0.25) is 9.58 Å². The lowest BCUT2D eigenvalue weighted by Crippen LogP contribution is -2.48. The van der Waals surface area contributed by atoms with E-state index in [0.717, 1.165) is 24.3 Å². The summed E-state index contributed by atoms with van der Waals surface area (Å²) in [5.74, 6) is 0. The summed E-state index contributed by atoms with van der Waals surface area (Å²) in [7, 11) is 1.85. The van der Waals surface area contributed by atoms with Crippen LogP contribution >= 0.6 is 11.6 Å². The van der Waals surface area contributed by atoms with Crippen molar-refractivity contribution in [2.75, 3.05) is 19.8 Å². The molecule has 1 aromatic rings. The lowest BCUT2D eigenvalue weighted by atomic mass is 10.1. The van der Waals surface area contributed by atoms with E-state index >= 15 is 0 Å². The molecular formula is C12H20ClN3O2. The van der Waals surface area contributed by atoms with Gasteiger partial charge in [-0.15, -0.1) is 0 Å². The summed E-state index contributed by atoms with van der Waals surface area (Å²) in [5.41, 5.74) is 2.02. The van der Waals surface area contributed by atoms with Gasteiger partial charge in [-0.25, -0.2) is 0 Å². The predicted octanol–water partition coefficient (Wildman–Crippen LogP) is 0.964. The number of aromatic nitrogens is 2. The Kier molecular flexibility index (Phi) is 4.27. The molecule has 1 aliphatic heterocycles. The predicted molar refractivity (Wildman–Crippen MR) is 69.7 cm³/mol. The first-order valence-electron chi connectivity index (χ1n) is 6.17. The molecule has 5 nitrogen and oxygen atoms in total. The van der Waals surface area contributed by atoms with E-state index < -0.39 is 0 Å². The van der Waals surface area contributed by atoms with Gasteiger partial charge in [0, 0.05) is 31.7 Å². The molecule has 0 aliphatic carbocycles. The van der Waals surface area contributed by atoms with Crippen LogP contribution in [0.15, 0.2) is 0 Å². The topological polar surface area (TPSA) is 50.5 Å². The lowest BCUT2D eigenvalue weighted by Gasteiger charge is -2.37. The number of aliphatic hydroxyl groups excluding tert-OH is 1. The van der Waals surface area contributed by atoms with E-state index in [1.165, 1.54) is 0 Å². The van der Waals surface area contributed by atoms with Gasteiger partial charge in [-0.05, 0) is 13.8 Å². The molecule has 0 amide bonds. The van der Waals surface area contributed by atoms with Crippen molar-refractivity contribution in [2.24, 2.45) is 7.05 Å². The van der Waals surface area contributed by atoms with Gasteiger partial charge in [0.15, 0.2) is 0 Å². The monoisotopic (exact) mass is 273 g/mol. The summed E-state index contributed by atoms with van der Waals surface area (Å²) in [6.45, 7) is 6.26. The van der Waals surface area contributed by atoms with Crippen molar-refractivity contribution in [1.29, 1.82) is 0 Å². The van der Waals surface area contributed by atoms with Crippen molar-refractivity contribution in [1.82, 2.24) is 14.7 Å². The van der Waals surface area contributed by atoms with Crippen LogP contribution in [0.1, 0.15) is 18.2 Å². The second-order valence-electron chi connectivity index (χ2n) is 4.89. The van der Waals surface area contributed by atoms with Crippen LogP contribution in [0.2, 0.25) is 5.15 Å². The van der Waals surface area contributed by atoms with Gasteiger partial charge in [0.2, 0.25) is 0 Å². The number of aliphatic hydroxyl groups is 1. The van der Waals surface area contributed by atoms with Crippen LogP contribution in [0.4, 0.5) is 0 Å². The van der Waals surface area contributed by atoms with E-state index in [1.807, 2.05) is 14.0 Å². The standard InChI is InChI=1S/C12H20ClN3O2/c1-8-7-18-10(6-17)4-16(8)5-11-9(2)14-15(3)12(11)13/h8,10,17H,4-7H2,1-3H3. The molecule has 2 heterocycles. The third-order valence-electron chi connectivity index (χ3n) is 3.47. The summed E-state index contributed by atoms with van der Waals surface area (Å²) >= 11 is 6.24. The maximum atomic E-state index is 9.18. The zero-order valence-corrected chi connectivity index (χ0v) is 11.8. The highest BCUT2D eigenvalue weighted by Crippen LogP contribution is 2.23. The maximum Gasteiger partial charge on any atom is 0.131 e. The molecule has 102 valence electrons. The summed E-state index contributed by atoms with van der Waals surface area (Å²) in [6.07, 6.45) is -0.100. The fourth-order valence-electron chi connectivity index (χ4n) is 2.26. The zero-order valence-electron chi connectivity index (χ0n) is 11.1. The molecule has 2 rings (SSSR count). The molecule has 2 atom stereocenters. The minimum atomic E-state index is -0.100. The Morgan fingerprint density at radius 2 is 2.28 bits per heavy atom. The van der Waals surface area contributed by atoms with E-state index in [9.17, 15) is 5.11 Å². The van der Waals surface area contributed by atoms with Crippen molar-refractivity contribution < 1.29 is 9.84 Å². The van der Waals surface area contributed by atoms with E-state index in [-0.39, 0.29) is 12.7 Å². The van der Waals surface area contributed by atoms with Crippen LogP contribution in [-0.4, -0.2) is 51.7 Å². The number of nitrogens with zero attached hydrogens (tertiary/aromatic N) is 3. The summed E-state index contributed by atoms with van der Waals surface area (Å²) < 4.78 is 7.22. The van der Waals surface area contributed by atoms with Gasteiger partial charge in [0.05, 0.1) is 25.0 Å². The highest BCUT2D eigenvalue weighted by atomic mass is 35.5. The van der Waals surface area contributed by atoms with E-state index in [0.29, 0.717) is 17.8 Å². The molecule has 1 saturated heterocycles. The highest BCUT2D eigenvalue weighted by Gasteiger charge is 2.27. The van der Waals surface area contributed by atoms with E-state index in [4.69, 9.17) is 16.3 Å². The second kappa shape index (κ2) is 5.57. The van der Waals surface area contributed by atoms with Crippen molar-refractivity contribution >= 4 is 11.6 Å². The van der Waals surface area contributed by atoms with Crippen LogP contribution in [0.3, 0.4) is 0 Å². The minimum Gasteiger partial charge on any atom is -0.394 e. The van der Waals surface area contributed by atoms with Gasteiger partial charge in [-0.2, -0.15) is 5.10 Å². The Balaban J connectivity index is 2.11. The molecule has 0 saturated carbocycles. The summed E-state index contributed by atoms with van der Waals surface area (Å²) in [6, 6.07) is 0.323. The number of hydrogen-bond acceptors (Lipinski definition) is 4. The first-order valence-corrected chi connectivity index (χ1v) is 6.55. The molecule has 18 heavy (non-hydrogen) atoms. The van der Waals surface area contributed by atoms with Crippen molar-refractivity contribution in [2.45, 2.75) is 32.5 Å². The maximum absolute atomic E-state index is 9.18. The van der Waals surface area contributed by atoms with Crippen molar-refractivity contribution in [3.05, 3.63) is 16.4 Å². The molecular weight excluding hydrogens is 254 g/mol. The number of ether oxygens (including phenoxy) is 1. The average molecular weight is 274 g/mol. The number of hydrogen-bond donors (Lipinski definition) is 1. The fraction of sp³-hybridized carbons (Fsp3) is 0.750. The van der Waals surface area contributed by atoms with Gasteiger partial charge < -0.3 is 9.84 Å². The Labute approximate surface area is 112 Å². The van der Waals surface area contributed by atoms with Crippen molar-refractivity contribution in [3.63, 3.8) is 0 Å². The molecule has 0 spiro atoms. The Bertz CT molecular complexity index is 422. The summed E-state index contributed by atoms with van der Waals surface area (Å²) in [4.78, 5) is 2.28. The molecule has 1 aliphatic rings. The van der Waals surface area contributed by atoms with Gasteiger partial charge in [0.25, 0.3) is 0 Å². The first kappa shape index (κ1) is 13.8. The van der Waals surface area contributed by atoms with Crippen LogP contribution in [-0.2, 0) is 18.3 Å². The largest absolute Gasteiger partial charge is 0.394 e. The molecule has 6 heteroatoms. The smallest absolute Gasteiger partial charge is 0.131 e. The quantitative estimate of drug-likeness (QED) is 0.891. The van der Waals surface area contributed by atoms with Crippen LogP contribution in [0.25, 0.3) is 0 Å². The van der Waals surface area contributed by atoms with E-state index in [2.05, 4.69) is 16.9 Å². The first-order chi connectivity index (χ1) is 8.52. The zero-order chi connectivity index (χ0) is 13.3. The molecule has 0 bridgehead atoms. The molecule has 0 radical (unpaired) electrons. The molecule has 2 unspecified atom stereocenters. The fourth-order valence-corrected chi connectivity index (χ4v) is 2.50. The molecule has 0 aromatic carbocycles.